The van der Waals surface area contributed by atoms with Crippen LogP contribution in [0.2, 0.25) is 0 Å². The molecule has 5 nitrogen and oxygen atoms in total. The van der Waals surface area contributed by atoms with Crippen LogP contribution in [0.15, 0.2) is 42.5 Å². The highest BCUT2D eigenvalue weighted by atomic mass is 16.5. The molecule has 0 aliphatic carbocycles. The summed E-state index contributed by atoms with van der Waals surface area (Å²) >= 11 is 0. The first kappa shape index (κ1) is 24.4. The van der Waals surface area contributed by atoms with Gasteiger partial charge in [-0.2, -0.15) is 0 Å². The van der Waals surface area contributed by atoms with Gasteiger partial charge in [-0.25, -0.2) is 0 Å². The van der Waals surface area contributed by atoms with Crippen molar-refractivity contribution in [3.63, 3.8) is 0 Å². The highest BCUT2D eigenvalue weighted by Crippen LogP contribution is 2.18. The second kappa shape index (κ2) is 11.5. The molecule has 0 saturated heterocycles. The summed E-state index contributed by atoms with van der Waals surface area (Å²) in [6.07, 6.45) is 1.67. The van der Waals surface area contributed by atoms with E-state index in [2.05, 4.69) is 11.4 Å². The largest absolute Gasteiger partial charge is 0.497 e. The topological polar surface area (TPSA) is 58.6 Å². The van der Waals surface area contributed by atoms with Crippen LogP contribution in [0.25, 0.3) is 0 Å². The van der Waals surface area contributed by atoms with Crippen molar-refractivity contribution in [2.45, 2.75) is 72.5 Å². The van der Waals surface area contributed by atoms with Gasteiger partial charge in [0.2, 0.25) is 11.8 Å². The van der Waals surface area contributed by atoms with E-state index in [-0.39, 0.29) is 24.3 Å². The number of methoxy groups -OCH3 is 1. The summed E-state index contributed by atoms with van der Waals surface area (Å²) in [5, 5.41) is 3.05. The van der Waals surface area contributed by atoms with Gasteiger partial charge in [0.05, 0.1) is 13.5 Å². The van der Waals surface area contributed by atoms with Crippen LogP contribution in [0, 0.1) is 13.8 Å². The normalized spacial score (nSPS) is 12.7. The highest BCUT2D eigenvalue weighted by molar-refractivity contribution is 5.88. The van der Waals surface area contributed by atoms with Crippen molar-refractivity contribution in [1.82, 2.24) is 10.2 Å². The summed E-state index contributed by atoms with van der Waals surface area (Å²) in [4.78, 5) is 28.2. The maximum absolute atomic E-state index is 13.4. The van der Waals surface area contributed by atoms with Crippen molar-refractivity contribution < 1.29 is 14.3 Å². The van der Waals surface area contributed by atoms with Crippen molar-refractivity contribution in [2.75, 3.05) is 7.11 Å². The van der Waals surface area contributed by atoms with E-state index in [1.807, 2.05) is 71.0 Å². The number of amides is 2. The Hall–Kier alpha value is -2.82. The van der Waals surface area contributed by atoms with Crippen LogP contribution in [0.5, 0.6) is 5.75 Å². The summed E-state index contributed by atoms with van der Waals surface area (Å²) in [5.74, 6) is 0.615. The number of carbonyl (C=O) groups is 2. The van der Waals surface area contributed by atoms with Gasteiger partial charge in [-0.15, -0.1) is 0 Å². The van der Waals surface area contributed by atoms with Gasteiger partial charge in [-0.1, -0.05) is 55.3 Å². The molecule has 168 valence electrons. The van der Waals surface area contributed by atoms with Gasteiger partial charge in [-0.05, 0) is 56.9 Å². The van der Waals surface area contributed by atoms with E-state index >= 15 is 0 Å². The van der Waals surface area contributed by atoms with Gasteiger partial charge in [0.25, 0.3) is 0 Å². The van der Waals surface area contributed by atoms with Crippen LogP contribution >= 0.6 is 0 Å². The minimum Gasteiger partial charge on any atom is -0.497 e. The molecule has 0 heterocycles. The molecular weight excluding hydrogens is 388 g/mol. The summed E-state index contributed by atoms with van der Waals surface area (Å²) in [7, 11) is 1.63. The molecule has 0 fully saturated rings. The van der Waals surface area contributed by atoms with E-state index < -0.39 is 6.04 Å². The lowest BCUT2D eigenvalue weighted by molar-refractivity contribution is -0.141. The van der Waals surface area contributed by atoms with Crippen molar-refractivity contribution in [2.24, 2.45) is 0 Å². The van der Waals surface area contributed by atoms with Crippen LogP contribution in [-0.4, -0.2) is 35.9 Å². The monoisotopic (exact) mass is 424 g/mol. The standard InChI is InChI=1S/C26H36N2O3/c1-7-20(5)27-26(30)24(8-2)28(17-21-9-11-23(31-6)12-10-21)25(29)16-22-14-18(3)13-19(4)15-22/h9-15,20,24H,7-8,16-17H2,1-6H3,(H,27,30)/t20-,24-/m0/s1. The molecule has 0 bridgehead atoms. The first-order valence-corrected chi connectivity index (χ1v) is 11.1. The summed E-state index contributed by atoms with van der Waals surface area (Å²) in [6, 6.07) is 13.4. The van der Waals surface area contributed by atoms with Crippen LogP contribution in [0.1, 0.15) is 55.9 Å². The second-order valence-electron chi connectivity index (χ2n) is 8.28. The quantitative estimate of drug-likeness (QED) is 0.607. The zero-order valence-corrected chi connectivity index (χ0v) is 19.7. The Balaban J connectivity index is 2.31. The third-order valence-electron chi connectivity index (χ3n) is 5.54. The Kier molecular flexibility index (Phi) is 9.10. The number of rotatable bonds is 10. The number of nitrogens with one attached hydrogen (secondary N) is 1. The van der Waals surface area contributed by atoms with Crippen LogP contribution in [0.3, 0.4) is 0 Å². The molecule has 2 atom stereocenters. The van der Waals surface area contributed by atoms with Crippen LogP contribution in [-0.2, 0) is 22.6 Å². The smallest absolute Gasteiger partial charge is 0.243 e. The Bertz CT molecular complexity index is 856. The lowest BCUT2D eigenvalue weighted by atomic mass is 10.0. The van der Waals surface area contributed by atoms with E-state index in [0.717, 1.165) is 34.4 Å². The number of aryl methyl sites for hydroxylation is 2. The van der Waals surface area contributed by atoms with Crippen LogP contribution in [0.4, 0.5) is 0 Å². The molecule has 5 heteroatoms. The average Bonchev–Trinajstić information content (AvgIpc) is 2.73. The molecule has 0 saturated carbocycles. The number of carbonyl (C=O) groups excluding carboxylic acids is 2. The second-order valence-corrected chi connectivity index (χ2v) is 8.28. The van der Waals surface area contributed by atoms with Crippen molar-refractivity contribution in [1.29, 1.82) is 0 Å². The zero-order chi connectivity index (χ0) is 23.0. The number of hydrogen-bond acceptors (Lipinski definition) is 3. The first-order chi connectivity index (χ1) is 14.8. The predicted octanol–water partition coefficient (Wildman–Crippen LogP) is 4.58. The third-order valence-corrected chi connectivity index (χ3v) is 5.54. The lowest BCUT2D eigenvalue weighted by Crippen LogP contribution is -2.51. The summed E-state index contributed by atoms with van der Waals surface area (Å²) < 4.78 is 5.24. The number of nitrogens with zero attached hydrogens (tertiary/aromatic N) is 1. The maximum atomic E-state index is 13.4. The fourth-order valence-corrected chi connectivity index (χ4v) is 3.74. The molecule has 0 radical (unpaired) electrons. The van der Waals surface area contributed by atoms with Gasteiger partial charge in [0.15, 0.2) is 0 Å². The molecule has 0 spiro atoms. The molecule has 0 aliphatic heterocycles. The van der Waals surface area contributed by atoms with Gasteiger partial charge in [0, 0.05) is 12.6 Å². The van der Waals surface area contributed by atoms with E-state index in [9.17, 15) is 9.59 Å². The van der Waals surface area contributed by atoms with Gasteiger partial charge < -0.3 is 15.0 Å². The molecule has 2 rings (SSSR count). The van der Waals surface area contributed by atoms with Crippen molar-refractivity contribution in [3.8, 4) is 5.75 Å². The number of benzene rings is 2. The fourth-order valence-electron chi connectivity index (χ4n) is 3.74. The van der Waals surface area contributed by atoms with Gasteiger partial charge >= 0.3 is 0 Å². The first-order valence-electron chi connectivity index (χ1n) is 11.1. The minimum atomic E-state index is -0.519. The SMILES string of the molecule is CC[C@H](C)NC(=O)[C@H](CC)N(Cc1ccc(OC)cc1)C(=O)Cc1cc(C)cc(C)c1. The summed E-state index contributed by atoms with van der Waals surface area (Å²) in [6.45, 7) is 10.4. The Morgan fingerprint density at radius 3 is 2.10 bits per heavy atom. The van der Waals surface area contributed by atoms with E-state index in [1.165, 1.54) is 0 Å². The molecule has 0 unspecified atom stereocenters. The molecule has 0 aromatic heterocycles. The minimum absolute atomic E-state index is 0.0491. The van der Waals surface area contributed by atoms with E-state index in [1.54, 1.807) is 12.0 Å². The Morgan fingerprint density at radius 2 is 1.58 bits per heavy atom. The number of hydrogen-bond donors (Lipinski definition) is 1. The molecule has 2 amide bonds. The van der Waals surface area contributed by atoms with E-state index in [0.29, 0.717) is 13.0 Å². The molecule has 2 aromatic carbocycles. The average molecular weight is 425 g/mol. The third kappa shape index (κ3) is 7.12. The molecule has 0 aliphatic rings. The lowest BCUT2D eigenvalue weighted by Gasteiger charge is -2.31. The Labute approximate surface area is 186 Å². The number of ether oxygens (including phenoxy) is 1. The van der Waals surface area contributed by atoms with E-state index in [4.69, 9.17) is 4.74 Å². The predicted molar refractivity (Wildman–Crippen MR) is 125 cm³/mol. The van der Waals surface area contributed by atoms with Gasteiger partial charge in [0.1, 0.15) is 11.8 Å². The highest BCUT2D eigenvalue weighted by Gasteiger charge is 2.29. The van der Waals surface area contributed by atoms with Gasteiger partial charge in [-0.3, -0.25) is 9.59 Å². The van der Waals surface area contributed by atoms with Crippen molar-refractivity contribution in [3.05, 3.63) is 64.7 Å². The fraction of sp³-hybridized carbons (Fsp3) is 0.462. The molecule has 1 N–H and O–H groups in total. The maximum Gasteiger partial charge on any atom is 0.243 e. The molecular formula is C26H36N2O3. The van der Waals surface area contributed by atoms with Crippen molar-refractivity contribution >= 4 is 11.8 Å². The van der Waals surface area contributed by atoms with Crippen LogP contribution < -0.4 is 10.1 Å². The molecule has 31 heavy (non-hydrogen) atoms. The summed E-state index contributed by atoms with van der Waals surface area (Å²) in [5.41, 5.74) is 4.20. The zero-order valence-electron chi connectivity index (χ0n) is 19.7. The Morgan fingerprint density at radius 1 is 0.968 bits per heavy atom. The molecule has 2 aromatic rings.